The lowest BCUT2D eigenvalue weighted by Crippen LogP contribution is -2.47. The standard InChI is InChI=1S/C17H19ClFN3O2.C2HF3O2/c1-21-6-8-22(9-7-21)16(23)5-3-13-11-20-24-17(13)12-2-4-15(19)14(18)10-12;3-2(4,5)1(6)7/h2,4,10-11H,3,5-9H2,1H3;(H,6,7). The van der Waals surface area contributed by atoms with Gasteiger partial charge in [0.2, 0.25) is 5.91 Å². The second-order valence-corrected chi connectivity index (χ2v) is 7.20. The Hall–Kier alpha value is -2.66. The number of rotatable bonds is 4. The van der Waals surface area contributed by atoms with Crippen LogP contribution >= 0.6 is 11.6 Å². The second-order valence-electron chi connectivity index (χ2n) is 6.80. The highest BCUT2D eigenvalue weighted by Gasteiger charge is 2.38. The molecule has 0 radical (unpaired) electrons. The Kier molecular flexibility index (Phi) is 8.40. The summed E-state index contributed by atoms with van der Waals surface area (Å²) < 4.78 is 50.3. The van der Waals surface area contributed by atoms with Gasteiger partial charge >= 0.3 is 12.1 Å². The first-order valence-corrected chi connectivity index (χ1v) is 9.52. The summed E-state index contributed by atoms with van der Waals surface area (Å²) in [7, 11) is 2.05. The average Bonchev–Trinajstić information content (AvgIpc) is 3.17. The molecule has 7 nitrogen and oxygen atoms in total. The zero-order chi connectivity index (χ0) is 23.2. The van der Waals surface area contributed by atoms with Crippen molar-refractivity contribution in [3.05, 3.63) is 40.8 Å². The lowest BCUT2D eigenvalue weighted by Gasteiger charge is -2.32. The van der Waals surface area contributed by atoms with Crippen molar-refractivity contribution in [1.82, 2.24) is 15.0 Å². The van der Waals surface area contributed by atoms with Gasteiger partial charge in [0.25, 0.3) is 0 Å². The Balaban J connectivity index is 0.000000423. The molecule has 1 N–H and O–H groups in total. The van der Waals surface area contributed by atoms with Crippen molar-refractivity contribution >= 4 is 23.5 Å². The van der Waals surface area contributed by atoms with Crippen LogP contribution in [0.2, 0.25) is 5.02 Å². The number of piperazine rings is 1. The predicted octanol–water partition coefficient (Wildman–Crippen LogP) is 3.47. The summed E-state index contributed by atoms with van der Waals surface area (Å²) in [5, 5.41) is 11.0. The third-order valence-electron chi connectivity index (χ3n) is 4.53. The van der Waals surface area contributed by atoms with E-state index in [0.717, 1.165) is 31.7 Å². The molecular weight excluding hydrogens is 446 g/mol. The summed E-state index contributed by atoms with van der Waals surface area (Å²) in [5.74, 6) is -2.57. The highest BCUT2D eigenvalue weighted by atomic mass is 35.5. The maximum atomic E-state index is 13.3. The lowest BCUT2D eigenvalue weighted by molar-refractivity contribution is -0.192. The van der Waals surface area contributed by atoms with E-state index in [0.29, 0.717) is 24.2 Å². The van der Waals surface area contributed by atoms with E-state index in [9.17, 15) is 22.4 Å². The Morgan fingerprint density at radius 2 is 1.84 bits per heavy atom. The fourth-order valence-corrected chi connectivity index (χ4v) is 2.95. The number of amides is 1. The summed E-state index contributed by atoms with van der Waals surface area (Å²) in [6.45, 7) is 3.33. The van der Waals surface area contributed by atoms with Gasteiger partial charge in [0.05, 0.1) is 11.2 Å². The van der Waals surface area contributed by atoms with Crippen LogP contribution in [-0.2, 0) is 16.0 Å². The van der Waals surface area contributed by atoms with Crippen molar-refractivity contribution in [2.24, 2.45) is 0 Å². The molecule has 1 aromatic carbocycles. The number of nitrogens with zero attached hydrogens (tertiary/aromatic N) is 3. The molecule has 0 saturated carbocycles. The molecule has 12 heteroatoms. The first-order valence-electron chi connectivity index (χ1n) is 9.14. The normalized spacial score (nSPS) is 14.7. The maximum absolute atomic E-state index is 13.3. The van der Waals surface area contributed by atoms with Gasteiger partial charge in [-0.1, -0.05) is 16.8 Å². The topological polar surface area (TPSA) is 86.9 Å². The first-order chi connectivity index (χ1) is 14.5. The number of halogens is 5. The van der Waals surface area contributed by atoms with Crippen LogP contribution in [0.4, 0.5) is 17.6 Å². The van der Waals surface area contributed by atoms with Gasteiger partial charge in [-0.15, -0.1) is 0 Å². The quantitative estimate of drug-likeness (QED) is 0.696. The Morgan fingerprint density at radius 1 is 1.23 bits per heavy atom. The molecule has 1 fully saturated rings. The van der Waals surface area contributed by atoms with Crippen LogP contribution in [0.3, 0.4) is 0 Å². The fourth-order valence-electron chi connectivity index (χ4n) is 2.77. The molecule has 2 heterocycles. The van der Waals surface area contributed by atoms with Gasteiger partial charge in [-0.25, -0.2) is 9.18 Å². The second kappa shape index (κ2) is 10.6. The summed E-state index contributed by atoms with van der Waals surface area (Å²) in [6, 6.07) is 4.38. The van der Waals surface area contributed by atoms with Crippen molar-refractivity contribution < 1.29 is 36.8 Å². The number of aromatic nitrogens is 1. The Morgan fingerprint density at radius 3 is 2.39 bits per heavy atom. The molecule has 2 aromatic rings. The molecule has 1 aliphatic rings. The summed E-state index contributed by atoms with van der Waals surface area (Å²) in [4.78, 5) is 25.3. The third kappa shape index (κ3) is 7.21. The van der Waals surface area contributed by atoms with Crippen LogP contribution in [0.5, 0.6) is 0 Å². The Labute approximate surface area is 180 Å². The molecule has 1 aromatic heterocycles. The van der Waals surface area contributed by atoms with Crippen molar-refractivity contribution in [3.63, 3.8) is 0 Å². The molecule has 0 bridgehead atoms. The smallest absolute Gasteiger partial charge is 0.475 e. The van der Waals surface area contributed by atoms with Gasteiger partial charge in [-0.05, 0) is 31.7 Å². The maximum Gasteiger partial charge on any atom is 0.490 e. The lowest BCUT2D eigenvalue weighted by atomic mass is 10.0. The molecule has 0 aliphatic carbocycles. The minimum atomic E-state index is -5.08. The van der Waals surface area contributed by atoms with Crippen molar-refractivity contribution in [2.45, 2.75) is 19.0 Å². The van der Waals surface area contributed by atoms with E-state index in [1.807, 2.05) is 4.90 Å². The number of carbonyl (C=O) groups is 2. The van der Waals surface area contributed by atoms with Crippen LogP contribution in [0.25, 0.3) is 11.3 Å². The number of likely N-dealkylation sites (N-methyl/N-ethyl adjacent to an activating group) is 1. The van der Waals surface area contributed by atoms with Gasteiger partial charge in [-0.3, -0.25) is 4.79 Å². The largest absolute Gasteiger partial charge is 0.490 e. The van der Waals surface area contributed by atoms with Crippen molar-refractivity contribution in [1.29, 1.82) is 0 Å². The number of carbonyl (C=O) groups excluding carboxylic acids is 1. The molecular formula is C19H20ClF4N3O4. The number of carboxylic acid groups (broad SMARTS) is 1. The van der Waals surface area contributed by atoms with E-state index in [1.165, 1.54) is 12.1 Å². The molecule has 1 amide bonds. The van der Waals surface area contributed by atoms with Gasteiger partial charge in [-0.2, -0.15) is 13.2 Å². The fraction of sp³-hybridized carbons (Fsp3) is 0.421. The minimum absolute atomic E-state index is 0.0309. The van der Waals surface area contributed by atoms with E-state index in [1.54, 1.807) is 12.3 Å². The van der Waals surface area contributed by atoms with Crippen molar-refractivity contribution in [2.75, 3.05) is 33.2 Å². The minimum Gasteiger partial charge on any atom is -0.475 e. The number of hydrogen-bond donors (Lipinski definition) is 1. The van der Waals surface area contributed by atoms with E-state index < -0.39 is 18.0 Å². The van der Waals surface area contributed by atoms with Gasteiger partial charge in [0.15, 0.2) is 5.76 Å². The molecule has 170 valence electrons. The van der Waals surface area contributed by atoms with Crippen LogP contribution in [-0.4, -0.2) is 71.3 Å². The molecule has 1 aliphatic heterocycles. The number of aliphatic carboxylic acids is 1. The number of alkyl halides is 3. The van der Waals surface area contributed by atoms with E-state index in [4.69, 9.17) is 26.0 Å². The summed E-state index contributed by atoms with van der Waals surface area (Å²) in [6.07, 6.45) is -2.56. The number of benzene rings is 1. The predicted molar refractivity (Wildman–Crippen MR) is 103 cm³/mol. The van der Waals surface area contributed by atoms with E-state index >= 15 is 0 Å². The van der Waals surface area contributed by atoms with E-state index in [2.05, 4.69) is 17.1 Å². The molecule has 0 atom stereocenters. The highest BCUT2D eigenvalue weighted by Crippen LogP contribution is 2.28. The van der Waals surface area contributed by atoms with E-state index in [-0.39, 0.29) is 10.9 Å². The third-order valence-corrected chi connectivity index (χ3v) is 4.82. The molecule has 3 rings (SSSR count). The number of aryl methyl sites for hydroxylation is 1. The summed E-state index contributed by atoms with van der Waals surface area (Å²) in [5.41, 5.74) is 1.47. The molecule has 0 unspecified atom stereocenters. The first kappa shape index (κ1) is 24.6. The SMILES string of the molecule is CN1CCN(C(=O)CCc2cnoc2-c2ccc(F)c(Cl)c2)CC1.O=C(O)C(F)(F)F. The number of hydrogen-bond acceptors (Lipinski definition) is 5. The summed E-state index contributed by atoms with van der Waals surface area (Å²) >= 11 is 5.82. The monoisotopic (exact) mass is 465 g/mol. The van der Waals surface area contributed by atoms with Crippen LogP contribution in [0, 0.1) is 5.82 Å². The van der Waals surface area contributed by atoms with Crippen LogP contribution < -0.4 is 0 Å². The molecule has 31 heavy (non-hydrogen) atoms. The highest BCUT2D eigenvalue weighted by molar-refractivity contribution is 6.31. The molecule has 1 saturated heterocycles. The Bertz CT molecular complexity index is 912. The zero-order valence-electron chi connectivity index (χ0n) is 16.5. The molecule has 0 spiro atoms. The average molecular weight is 466 g/mol. The van der Waals surface area contributed by atoms with Gasteiger partial charge < -0.3 is 19.4 Å². The zero-order valence-corrected chi connectivity index (χ0v) is 17.2. The van der Waals surface area contributed by atoms with Crippen LogP contribution in [0.15, 0.2) is 28.9 Å². The van der Waals surface area contributed by atoms with Crippen LogP contribution in [0.1, 0.15) is 12.0 Å². The van der Waals surface area contributed by atoms with Gasteiger partial charge in [0, 0.05) is 43.7 Å². The number of carboxylic acids is 1. The van der Waals surface area contributed by atoms with Gasteiger partial charge in [0.1, 0.15) is 5.82 Å². The van der Waals surface area contributed by atoms with Crippen molar-refractivity contribution in [3.8, 4) is 11.3 Å².